The van der Waals surface area contributed by atoms with Crippen molar-refractivity contribution >= 4 is 11.0 Å². The average molecular weight is 353 g/mol. The molecular weight excluding hydrogens is 326 g/mol. The first-order valence-corrected chi connectivity index (χ1v) is 9.33. The van der Waals surface area contributed by atoms with Crippen LogP contribution in [0.5, 0.6) is 0 Å². The second-order valence-corrected chi connectivity index (χ2v) is 7.60. The van der Waals surface area contributed by atoms with Crippen LogP contribution in [-0.4, -0.2) is 36.9 Å². The van der Waals surface area contributed by atoms with E-state index < -0.39 is 0 Å². The van der Waals surface area contributed by atoms with Gasteiger partial charge in [-0.2, -0.15) is 5.10 Å². The van der Waals surface area contributed by atoms with Gasteiger partial charge in [0.25, 0.3) is 0 Å². The maximum atomic E-state index is 12.1. The molecule has 1 aromatic carbocycles. The molecule has 1 saturated heterocycles. The molecule has 0 aliphatic carbocycles. The second-order valence-electron chi connectivity index (χ2n) is 7.60. The Kier molecular flexibility index (Phi) is 4.23. The van der Waals surface area contributed by atoms with Crippen molar-refractivity contribution in [2.45, 2.75) is 39.3 Å². The molecule has 0 saturated carbocycles. The number of fused-ring (bicyclic) bond motifs is 1. The summed E-state index contributed by atoms with van der Waals surface area (Å²) < 4.78 is 5.64. The van der Waals surface area contributed by atoms with E-state index in [9.17, 15) is 4.79 Å². The molecule has 0 radical (unpaired) electrons. The summed E-state index contributed by atoms with van der Waals surface area (Å²) in [6, 6.07) is 9.04. The highest BCUT2D eigenvalue weighted by Crippen LogP contribution is 2.25. The van der Waals surface area contributed by atoms with Crippen LogP contribution in [0.15, 0.2) is 29.1 Å². The third kappa shape index (κ3) is 2.88. The Bertz CT molecular complexity index is 1000. The lowest BCUT2D eigenvalue weighted by atomic mass is 10.0. The summed E-state index contributed by atoms with van der Waals surface area (Å²) in [7, 11) is 3.67. The molecule has 26 heavy (non-hydrogen) atoms. The van der Waals surface area contributed by atoms with E-state index in [0.717, 1.165) is 49.2 Å². The number of nitrogens with zero attached hydrogens (tertiary/aromatic N) is 5. The first-order valence-electron chi connectivity index (χ1n) is 9.33. The molecule has 1 aliphatic heterocycles. The minimum absolute atomic E-state index is 0.0304. The van der Waals surface area contributed by atoms with Gasteiger partial charge >= 0.3 is 5.69 Å². The smallest absolute Gasteiger partial charge is 0.299 e. The molecule has 2 aromatic heterocycles. The molecule has 3 heterocycles. The van der Waals surface area contributed by atoms with Gasteiger partial charge in [0.15, 0.2) is 0 Å². The van der Waals surface area contributed by atoms with Crippen molar-refractivity contribution in [3.63, 3.8) is 0 Å². The highest BCUT2D eigenvalue weighted by Gasteiger charge is 2.22. The molecule has 1 fully saturated rings. The van der Waals surface area contributed by atoms with Crippen LogP contribution in [0.1, 0.15) is 35.8 Å². The Morgan fingerprint density at radius 2 is 1.73 bits per heavy atom. The van der Waals surface area contributed by atoms with Crippen LogP contribution >= 0.6 is 0 Å². The number of likely N-dealkylation sites (tertiary alicyclic amines) is 1. The van der Waals surface area contributed by atoms with Gasteiger partial charge in [0.1, 0.15) is 0 Å². The molecular formula is C20H27N5O. The Morgan fingerprint density at radius 1 is 1.04 bits per heavy atom. The zero-order chi connectivity index (χ0) is 18.4. The van der Waals surface area contributed by atoms with Crippen molar-refractivity contribution in [2.75, 3.05) is 13.1 Å². The summed E-state index contributed by atoms with van der Waals surface area (Å²) >= 11 is 0. The molecule has 0 unspecified atom stereocenters. The third-order valence-electron chi connectivity index (χ3n) is 5.69. The summed E-state index contributed by atoms with van der Waals surface area (Å²) in [5, 5.41) is 4.66. The van der Waals surface area contributed by atoms with Crippen molar-refractivity contribution < 1.29 is 0 Å². The van der Waals surface area contributed by atoms with E-state index in [1.807, 2.05) is 14.1 Å². The first-order chi connectivity index (χ1) is 12.4. The summed E-state index contributed by atoms with van der Waals surface area (Å²) in [6.07, 6.45) is 2.27. The van der Waals surface area contributed by atoms with Crippen molar-refractivity contribution in [1.29, 1.82) is 0 Å². The number of aromatic nitrogens is 4. The number of imidazole rings is 1. The van der Waals surface area contributed by atoms with E-state index in [0.29, 0.717) is 6.04 Å². The number of hydrogen-bond acceptors (Lipinski definition) is 3. The maximum Gasteiger partial charge on any atom is 0.328 e. The minimum atomic E-state index is 0.0304. The molecule has 0 atom stereocenters. The van der Waals surface area contributed by atoms with Crippen LogP contribution in [0.2, 0.25) is 0 Å². The van der Waals surface area contributed by atoms with Gasteiger partial charge in [-0.3, -0.25) is 18.7 Å². The second kappa shape index (κ2) is 6.43. The molecule has 0 N–H and O–H groups in total. The summed E-state index contributed by atoms with van der Waals surface area (Å²) in [6.45, 7) is 7.30. The number of piperidine rings is 1. The van der Waals surface area contributed by atoms with Crippen LogP contribution in [0.3, 0.4) is 0 Å². The lowest BCUT2D eigenvalue weighted by Gasteiger charge is -2.32. The molecule has 1 aliphatic rings. The van der Waals surface area contributed by atoms with Gasteiger partial charge in [0.2, 0.25) is 0 Å². The van der Waals surface area contributed by atoms with Gasteiger partial charge in [0, 0.05) is 39.4 Å². The zero-order valence-electron chi connectivity index (χ0n) is 16.1. The number of rotatable bonds is 3. The monoisotopic (exact) mass is 353 g/mol. The lowest BCUT2D eigenvalue weighted by molar-refractivity contribution is 0.172. The van der Waals surface area contributed by atoms with E-state index in [1.54, 1.807) is 9.13 Å². The highest BCUT2D eigenvalue weighted by molar-refractivity contribution is 5.76. The van der Waals surface area contributed by atoms with Crippen molar-refractivity contribution in [3.8, 4) is 0 Å². The zero-order valence-corrected chi connectivity index (χ0v) is 16.1. The SMILES string of the molecule is Cc1cc(C)n(C2CCN(Cc3ccc4c(c3)n(C)c(=O)n4C)CC2)n1. The quantitative estimate of drug-likeness (QED) is 0.727. The Morgan fingerprint density at radius 3 is 2.38 bits per heavy atom. The fourth-order valence-electron chi connectivity index (χ4n) is 4.25. The van der Waals surface area contributed by atoms with Crippen LogP contribution in [0, 0.1) is 13.8 Å². The van der Waals surface area contributed by atoms with Crippen LogP contribution in [0.4, 0.5) is 0 Å². The number of aryl methyl sites for hydroxylation is 4. The third-order valence-corrected chi connectivity index (χ3v) is 5.69. The topological polar surface area (TPSA) is 48.0 Å². The van der Waals surface area contributed by atoms with Gasteiger partial charge in [-0.15, -0.1) is 0 Å². The molecule has 0 bridgehead atoms. The van der Waals surface area contributed by atoms with Crippen LogP contribution in [-0.2, 0) is 20.6 Å². The van der Waals surface area contributed by atoms with Crippen molar-refractivity contribution in [3.05, 3.63) is 51.7 Å². The molecule has 4 rings (SSSR count). The summed E-state index contributed by atoms with van der Waals surface area (Å²) in [5.74, 6) is 0. The summed E-state index contributed by atoms with van der Waals surface area (Å²) in [5.41, 5.74) is 5.66. The van der Waals surface area contributed by atoms with Crippen molar-refractivity contribution in [2.24, 2.45) is 14.1 Å². The van der Waals surface area contributed by atoms with Crippen LogP contribution < -0.4 is 5.69 Å². The normalized spacial score (nSPS) is 16.6. The van der Waals surface area contributed by atoms with Crippen molar-refractivity contribution in [1.82, 2.24) is 23.8 Å². The standard InChI is InChI=1S/C20H27N5O/c1-14-11-15(2)25(21-14)17-7-9-24(10-8-17)13-16-5-6-18-19(12-16)23(4)20(26)22(18)3/h5-6,11-12,17H,7-10,13H2,1-4H3. The Hall–Kier alpha value is -2.34. The molecule has 3 aromatic rings. The van der Waals surface area contributed by atoms with E-state index in [1.165, 1.54) is 11.3 Å². The largest absolute Gasteiger partial charge is 0.328 e. The first kappa shape index (κ1) is 17.1. The number of benzene rings is 1. The summed E-state index contributed by atoms with van der Waals surface area (Å²) in [4.78, 5) is 14.6. The number of hydrogen-bond donors (Lipinski definition) is 0. The fraction of sp³-hybridized carbons (Fsp3) is 0.500. The van der Waals surface area contributed by atoms with Gasteiger partial charge in [0.05, 0.1) is 22.8 Å². The predicted octanol–water partition coefficient (Wildman–Crippen LogP) is 2.53. The highest BCUT2D eigenvalue weighted by atomic mass is 16.1. The predicted molar refractivity (Wildman–Crippen MR) is 103 cm³/mol. The van der Waals surface area contributed by atoms with Crippen LogP contribution in [0.25, 0.3) is 11.0 Å². The fourth-order valence-corrected chi connectivity index (χ4v) is 4.25. The van der Waals surface area contributed by atoms with E-state index in [2.05, 4.69) is 52.8 Å². The van der Waals surface area contributed by atoms with E-state index in [-0.39, 0.29) is 5.69 Å². The molecule has 6 heteroatoms. The Balaban J connectivity index is 1.46. The van der Waals surface area contributed by atoms with Gasteiger partial charge in [-0.25, -0.2) is 4.79 Å². The van der Waals surface area contributed by atoms with Gasteiger partial charge in [-0.05, 0) is 50.5 Å². The maximum absolute atomic E-state index is 12.1. The molecule has 0 amide bonds. The average Bonchev–Trinajstić information content (AvgIpc) is 3.08. The molecule has 0 spiro atoms. The molecule has 138 valence electrons. The van der Waals surface area contributed by atoms with Gasteiger partial charge < -0.3 is 0 Å². The van der Waals surface area contributed by atoms with Gasteiger partial charge in [-0.1, -0.05) is 6.07 Å². The van der Waals surface area contributed by atoms with E-state index in [4.69, 9.17) is 0 Å². The Labute approximate surface area is 153 Å². The lowest BCUT2D eigenvalue weighted by Crippen LogP contribution is -2.34. The van der Waals surface area contributed by atoms with E-state index >= 15 is 0 Å². The minimum Gasteiger partial charge on any atom is -0.299 e. The molecule has 6 nitrogen and oxygen atoms in total.